The zero-order valence-electron chi connectivity index (χ0n) is 9.86. The van der Waals surface area contributed by atoms with Crippen LogP contribution in [0.1, 0.15) is 18.2 Å². The van der Waals surface area contributed by atoms with Gasteiger partial charge in [-0.2, -0.15) is 0 Å². The molecule has 0 aliphatic heterocycles. The SMILES string of the molecule is CC#Cc1cnc(Nc2ccccc2)nc1C. The topological polar surface area (TPSA) is 37.8 Å². The predicted molar refractivity (Wildman–Crippen MR) is 69.0 cm³/mol. The summed E-state index contributed by atoms with van der Waals surface area (Å²) < 4.78 is 0. The fraction of sp³-hybridized carbons (Fsp3) is 0.143. The minimum Gasteiger partial charge on any atom is -0.324 e. The van der Waals surface area contributed by atoms with Crippen LogP contribution in [-0.2, 0) is 0 Å². The van der Waals surface area contributed by atoms with Gasteiger partial charge < -0.3 is 5.32 Å². The smallest absolute Gasteiger partial charge is 0.227 e. The van der Waals surface area contributed by atoms with Gasteiger partial charge in [0.05, 0.1) is 11.3 Å². The van der Waals surface area contributed by atoms with Crippen molar-refractivity contribution in [2.75, 3.05) is 5.32 Å². The molecule has 0 saturated heterocycles. The van der Waals surface area contributed by atoms with Gasteiger partial charge in [0.2, 0.25) is 5.95 Å². The number of hydrogen-bond acceptors (Lipinski definition) is 3. The monoisotopic (exact) mass is 223 g/mol. The van der Waals surface area contributed by atoms with Crippen molar-refractivity contribution in [2.24, 2.45) is 0 Å². The van der Waals surface area contributed by atoms with Crippen LogP contribution in [0.15, 0.2) is 36.5 Å². The highest BCUT2D eigenvalue weighted by Crippen LogP contribution is 2.12. The highest BCUT2D eigenvalue weighted by molar-refractivity contribution is 5.53. The van der Waals surface area contributed by atoms with Gasteiger partial charge in [0.15, 0.2) is 0 Å². The molecule has 0 aliphatic carbocycles. The van der Waals surface area contributed by atoms with Crippen molar-refractivity contribution in [1.29, 1.82) is 0 Å². The highest BCUT2D eigenvalue weighted by Gasteiger charge is 2.01. The maximum Gasteiger partial charge on any atom is 0.227 e. The molecule has 17 heavy (non-hydrogen) atoms. The van der Waals surface area contributed by atoms with Gasteiger partial charge in [-0.15, -0.1) is 5.92 Å². The quantitative estimate of drug-likeness (QED) is 0.795. The van der Waals surface area contributed by atoms with E-state index in [1.165, 1.54) is 0 Å². The fourth-order valence-corrected chi connectivity index (χ4v) is 1.44. The molecule has 3 nitrogen and oxygen atoms in total. The third-order valence-electron chi connectivity index (χ3n) is 2.27. The van der Waals surface area contributed by atoms with E-state index in [0.717, 1.165) is 16.9 Å². The average Bonchev–Trinajstić information content (AvgIpc) is 2.34. The van der Waals surface area contributed by atoms with Gasteiger partial charge in [0.1, 0.15) is 0 Å². The lowest BCUT2D eigenvalue weighted by atomic mass is 10.2. The molecule has 0 atom stereocenters. The Hall–Kier alpha value is -2.34. The summed E-state index contributed by atoms with van der Waals surface area (Å²) >= 11 is 0. The molecule has 84 valence electrons. The van der Waals surface area contributed by atoms with E-state index >= 15 is 0 Å². The Bertz CT molecular complexity index is 565. The van der Waals surface area contributed by atoms with Crippen LogP contribution in [0, 0.1) is 18.8 Å². The standard InChI is InChI=1S/C14H13N3/c1-3-7-12-10-15-14(16-11(12)2)17-13-8-5-4-6-9-13/h4-6,8-10H,1-2H3,(H,15,16,17). The molecule has 0 saturated carbocycles. The Labute approximate surface area is 101 Å². The summed E-state index contributed by atoms with van der Waals surface area (Å²) in [4.78, 5) is 8.59. The first-order valence-corrected chi connectivity index (χ1v) is 5.38. The number of para-hydroxylation sites is 1. The van der Waals surface area contributed by atoms with Gasteiger partial charge in [0.25, 0.3) is 0 Å². The van der Waals surface area contributed by atoms with Gasteiger partial charge in [-0.1, -0.05) is 24.1 Å². The van der Waals surface area contributed by atoms with Gasteiger partial charge in [-0.25, -0.2) is 9.97 Å². The van der Waals surface area contributed by atoms with Crippen LogP contribution in [0.25, 0.3) is 0 Å². The van der Waals surface area contributed by atoms with Gasteiger partial charge in [-0.3, -0.25) is 0 Å². The zero-order chi connectivity index (χ0) is 12.1. The highest BCUT2D eigenvalue weighted by atomic mass is 15.1. The fourth-order valence-electron chi connectivity index (χ4n) is 1.44. The maximum absolute atomic E-state index is 4.36. The number of aromatic nitrogens is 2. The summed E-state index contributed by atoms with van der Waals surface area (Å²) in [6.07, 6.45) is 1.74. The number of nitrogens with zero attached hydrogens (tertiary/aromatic N) is 2. The van der Waals surface area contributed by atoms with E-state index in [1.54, 1.807) is 13.1 Å². The van der Waals surface area contributed by atoms with Crippen molar-refractivity contribution in [3.8, 4) is 11.8 Å². The maximum atomic E-state index is 4.36. The van der Waals surface area contributed by atoms with Crippen LogP contribution in [0.2, 0.25) is 0 Å². The molecule has 1 aromatic heterocycles. The summed E-state index contributed by atoms with van der Waals surface area (Å²) in [5.74, 6) is 6.40. The molecule has 0 spiro atoms. The van der Waals surface area contributed by atoms with E-state index in [9.17, 15) is 0 Å². The Morgan fingerprint density at radius 1 is 1.18 bits per heavy atom. The number of anilines is 2. The number of benzene rings is 1. The van der Waals surface area contributed by atoms with E-state index in [-0.39, 0.29) is 0 Å². The van der Waals surface area contributed by atoms with Crippen LogP contribution >= 0.6 is 0 Å². The molecule has 0 fully saturated rings. The molecule has 0 aliphatic rings. The zero-order valence-corrected chi connectivity index (χ0v) is 9.86. The average molecular weight is 223 g/mol. The lowest BCUT2D eigenvalue weighted by molar-refractivity contribution is 1.09. The Kier molecular flexibility index (Phi) is 3.37. The summed E-state index contributed by atoms with van der Waals surface area (Å²) in [5, 5.41) is 3.14. The first-order valence-electron chi connectivity index (χ1n) is 5.38. The molecular formula is C14H13N3. The molecular weight excluding hydrogens is 210 g/mol. The molecule has 0 bridgehead atoms. The van der Waals surface area contributed by atoms with Gasteiger partial charge in [-0.05, 0) is 26.0 Å². The van der Waals surface area contributed by atoms with E-state index < -0.39 is 0 Å². The van der Waals surface area contributed by atoms with Crippen LogP contribution in [0.5, 0.6) is 0 Å². The molecule has 0 radical (unpaired) electrons. The largest absolute Gasteiger partial charge is 0.324 e. The second-order valence-electron chi connectivity index (χ2n) is 3.56. The molecule has 1 aromatic carbocycles. The van der Waals surface area contributed by atoms with Crippen molar-refractivity contribution in [2.45, 2.75) is 13.8 Å². The van der Waals surface area contributed by atoms with Crippen molar-refractivity contribution < 1.29 is 0 Å². The second-order valence-corrected chi connectivity index (χ2v) is 3.56. The van der Waals surface area contributed by atoms with Gasteiger partial charge >= 0.3 is 0 Å². The van der Waals surface area contributed by atoms with Crippen LogP contribution in [0.3, 0.4) is 0 Å². The van der Waals surface area contributed by atoms with E-state index in [4.69, 9.17) is 0 Å². The summed E-state index contributed by atoms with van der Waals surface area (Å²) in [7, 11) is 0. The Balaban J connectivity index is 2.23. The third kappa shape index (κ3) is 2.82. The summed E-state index contributed by atoms with van der Waals surface area (Å²) in [6, 6.07) is 9.84. The van der Waals surface area contributed by atoms with E-state index in [0.29, 0.717) is 5.95 Å². The Morgan fingerprint density at radius 3 is 2.59 bits per heavy atom. The molecule has 0 amide bonds. The molecule has 2 aromatic rings. The molecule has 2 rings (SSSR count). The van der Waals surface area contributed by atoms with Crippen molar-refractivity contribution >= 4 is 11.6 Å². The van der Waals surface area contributed by atoms with E-state index in [2.05, 4.69) is 27.1 Å². The number of aryl methyl sites for hydroxylation is 1. The predicted octanol–water partition coefficient (Wildman–Crippen LogP) is 2.90. The van der Waals surface area contributed by atoms with Crippen LogP contribution in [-0.4, -0.2) is 9.97 Å². The van der Waals surface area contributed by atoms with Crippen LogP contribution < -0.4 is 5.32 Å². The minimum atomic E-state index is 0.593. The van der Waals surface area contributed by atoms with Gasteiger partial charge in [0, 0.05) is 11.9 Å². The van der Waals surface area contributed by atoms with Crippen molar-refractivity contribution in [3.63, 3.8) is 0 Å². The summed E-state index contributed by atoms with van der Waals surface area (Å²) in [5.41, 5.74) is 2.72. The number of hydrogen-bond donors (Lipinski definition) is 1. The molecule has 0 unspecified atom stereocenters. The first-order chi connectivity index (χ1) is 8.29. The molecule has 1 N–H and O–H groups in total. The normalized spacial score (nSPS) is 9.29. The number of nitrogens with one attached hydrogen (secondary N) is 1. The minimum absolute atomic E-state index is 0.593. The third-order valence-corrected chi connectivity index (χ3v) is 2.27. The van der Waals surface area contributed by atoms with Crippen molar-refractivity contribution in [1.82, 2.24) is 9.97 Å². The summed E-state index contributed by atoms with van der Waals surface area (Å²) in [6.45, 7) is 3.73. The first kappa shape index (κ1) is 11.2. The number of rotatable bonds is 2. The van der Waals surface area contributed by atoms with Crippen LogP contribution in [0.4, 0.5) is 11.6 Å². The van der Waals surface area contributed by atoms with E-state index in [1.807, 2.05) is 37.3 Å². The van der Waals surface area contributed by atoms with Crippen molar-refractivity contribution in [3.05, 3.63) is 47.8 Å². The Morgan fingerprint density at radius 2 is 1.94 bits per heavy atom. The second kappa shape index (κ2) is 5.13. The lowest BCUT2D eigenvalue weighted by Gasteiger charge is -2.05. The molecule has 1 heterocycles. The lowest BCUT2D eigenvalue weighted by Crippen LogP contribution is -1.99. The molecule has 3 heteroatoms.